The van der Waals surface area contributed by atoms with Gasteiger partial charge >= 0.3 is 10.1 Å². The lowest BCUT2D eigenvalue weighted by Gasteiger charge is -2.01. The first kappa shape index (κ1) is 12.6. The fourth-order valence-electron chi connectivity index (χ4n) is 1.75. The average molecular weight is 264 g/mol. The summed E-state index contributed by atoms with van der Waals surface area (Å²) >= 11 is 0. The van der Waals surface area contributed by atoms with Crippen molar-refractivity contribution in [2.45, 2.75) is 24.2 Å². The zero-order chi connectivity index (χ0) is 13.0. The van der Waals surface area contributed by atoms with Crippen molar-refractivity contribution in [3.8, 4) is 6.07 Å². The molecule has 94 valence electrons. The van der Waals surface area contributed by atoms with Crippen molar-refractivity contribution in [1.82, 2.24) is 0 Å². The summed E-state index contributed by atoms with van der Waals surface area (Å²) in [6, 6.07) is 9.98. The molecule has 0 aromatic heterocycles. The largest absolute Gasteiger partial charge is 0.358 e. The molecule has 2 rings (SSSR count). The van der Waals surface area contributed by atoms with E-state index in [1.807, 2.05) is 0 Å². The van der Waals surface area contributed by atoms with Crippen LogP contribution in [0.4, 0.5) is 0 Å². The van der Waals surface area contributed by atoms with Crippen molar-refractivity contribution < 1.29 is 12.7 Å². The van der Waals surface area contributed by atoms with Gasteiger partial charge in [-0.2, -0.15) is 13.7 Å². The minimum absolute atomic E-state index is 0.0733. The summed E-state index contributed by atoms with van der Waals surface area (Å²) in [5, 5.41) is 12.4. The van der Waals surface area contributed by atoms with Crippen LogP contribution in [0.2, 0.25) is 0 Å². The fourth-order valence-corrected chi connectivity index (χ4v) is 2.53. The third-order valence-electron chi connectivity index (χ3n) is 2.74. The molecule has 1 unspecified atom stereocenters. The topological polar surface area (TPSA) is 79.5 Å². The standard InChI is InChI=1S/C12H12N2O3S/c13-9-10-6-7-11(8-10)14-17-18(15,16)12-4-2-1-3-5-12/h1-5,10H,6-8H2/b14-11+. The molecule has 1 saturated carbocycles. The Morgan fingerprint density at radius 2 is 2.06 bits per heavy atom. The molecule has 6 heteroatoms. The fraction of sp³-hybridized carbons (Fsp3) is 0.333. The van der Waals surface area contributed by atoms with E-state index in [0.29, 0.717) is 25.0 Å². The molecule has 0 aliphatic heterocycles. The highest BCUT2D eigenvalue weighted by Gasteiger charge is 2.22. The smallest absolute Gasteiger partial charge is 0.265 e. The summed E-state index contributed by atoms with van der Waals surface area (Å²) in [5.74, 6) is -0.0771. The lowest BCUT2D eigenvalue weighted by Crippen LogP contribution is -2.04. The Balaban J connectivity index is 2.07. The molecule has 0 spiro atoms. The Kier molecular flexibility index (Phi) is 3.63. The van der Waals surface area contributed by atoms with Crippen molar-refractivity contribution in [3.05, 3.63) is 30.3 Å². The number of rotatable bonds is 3. The first-order valence-corrected chi connectivity index (χ1v) is 6.97. The Hall–Kier alpha value is -1.87. The van der Waals surface area contributed by atoms with Gasteiger partial charge in [-0.15, -0.1) is 0 Å². The Labute approximate surface area is 106 Å². The van der Waals surface area contributed by atoms with Gasteiger partial charge in [-0.25, -0.2) is 0 Å². The molecule has 0 radical (unpaired) electrons. The summed E-state index contributed by atoms with van der Waals surface area (Å²) in [6.45, 7) is 0. The summed E-state index contributed by atoms with van der Waals surface area (Å²) < 4.78 is 28.1. The Morgan fingerprint density at radius 1 is 1.33 bits per heavy atom. The summed E-state index contributed by atoms with van der Waals surface area (Å²) in [6.07, 6.45) is 1.81. The number of hydrogen-bond acceptors (Lipinski definition) is 5. The summed E-state index contributed by atoms with van der Waals surface area (Å²) in [5.41, 5.74) is 0.626. The molecule has 1 fully saturated rings. The van der Waals surface area contributed by atoms with E-state index in [4.69, 9.17) is 5.26 Å². The number of hydrogen-bond donors (Lipinski definition) is 0. The van der Waals surface area contributed by atoms with Crippen molar-refractivity contribution in [1.29, 1.82) is 5.26 Å². The lowest BCUT2D eigenvalue weighted by atomic mass is 10.1. The number of oxime groups is 1. The predicted molar refractivity (Wildman–Crippen MR) is 65.1 cm³/mol. The maximum Gasteiger partial charge on any atom is 0.358 e. The molecule has 5 nitrogen and oxygen atoms in total. The van der Waals surface area contributed by atoms with E-state index in [2.05, 4.69) is 15.5 Å². The van der Waals surface area contributed by atoms with E-state index in [1.165, 1.54) is 12.1 Å². The van der Waals surface area contributed by atoms with E-state index >= 15 is 0 Å². The first-order chi connectivity index (χ1) is 8.62. The third kappa shape index (κ3) is 2.87. The molecule has 1 atom stereocenters. The van der Waals surface area contributed by atoms with Crippen LogP contribution in [-0.4, -0.2) is 14.1 Å². The van der Waals surface area contributed by atoms with Crippen LogP contribution in [0.15, 0.2) is 40.4 Å². The highest BCUT2D eigenvalue weighted by molar-refractivity contribution is 7.86. The van der Waals surface area contributed by atoms with Crippen LogP contribution in [-0.2, 0) is 14.4 Å². The van der Waals surface area contributed by atoms with Gasteiger partial charge in [-0.1, -0.05) is 23.4 Å². The third-order valence-corrected chi connectivity index (χ3v) is 3.86. The van der Waals surface area contributed by atoms with Gasteiger partial charge in [0, 0.05) is 6.42 Å². The number of nitriles is 1. The number of benzene rings is 1. The SMILES string of the molecule is N#CC1CC/C(=N\OS(=O)(=O)c2ccccc2)C1. The highest BCUT2D eigenvalue weighted by atomic mass is 32.2. The van der Waals surface area contributed by atoms with Crippen LogP contribution >= 0.6 is 0 Å². The van der Waals surface area contributed by atoms with Gasteiger partial charge in [0.05, 0.1) is 17.7 Å². The van der Waals surface area contributed by atoms with Gasteiger partial charge in [-0.3, -0.25) is 4.28 Å². The van der Waals surface area contributed by atoms with Crippen molar-refractivity contribution >= 4 is 15.8 Å². The molecular weight excluding hydrogens is 252 g/mol. The molecular formula is C12H12N2O3S. The second-order valence-electron chi connectivity index (χ2n) is 4.07. The normalized spacial score (nSPS) is 21.7. The van der Waals surface area contributed by atoms with E-state index < -0.39 is 10.1 Å². The van der Waals surface area contributed by atoms with Crippen molar-refractivity contribution in [3.63, 3.8) is 0 Å². The quantitative estimate of drug-likeness (QED) is 0.783. The van der Waals surface area contributed by atoms with Crippen molar-refractivity contribution in [2.75, 3.05) is 0 Å². The van der Waals surface area contributed by atoms with E-state index in [-0.39, 0.29) is 10.8 Å². The minimum Gasteiger partial charge on any atom is -0.265 e. The predicted octanol–water partition coefficient (Wildman–Crippen LogP) is 2.07. The lowest BCUT2D eigenvalue weighted by molar-refractivity contribution is 0.337. The van der Waals surface area contributed by atoms with Gasteiger partial charge in [0.2, 0.25) is 0 Å². The monoisotopic (exact) mass is 264 g/mol. The molecule has 0 saturated heterocycles. The molecule has 0 N–H and O–H groups in total. The maximum atomic E-state index is 11.7. The van der Waals surface area contributed by atoms with Crippen LogP contribution in [0.5, 0.6) is 0 Å². The van der Waals surface area contributed by atoms with Crippen LogP contribution < -0.4 is 0 Å². The molecule has 0 bridgehead atoms. The molecule has 1 aliphatic carbocycles. The molecule has 0 heterocycles. The average Bonchev–Trinajstić information content (AvgIpc) is 2.86. The zero-order valence-corrected chi connectivity index (χ0v) is 10.4. The number of nitrogens with zero attached hydrogens (tertiary/aromatic N) is 2. The van der Waals surface area contributed by atoms with Crippen LogP contribution in [0, 0.1) is 17.2 Å². The summed E-state index contributed by atoms with van der Waals surface area (Å²) in [4.78, 5) is 0.0733. The highest BCUT2D eigenvalue weighted by Crippen LogP contribution is 2.23. The van der Waals surface area contributed by atoms with Gasteiger partial charge in [-0.05, 0) is 25.0 Å². The van der Waals surface area contributed by atoms with Crippen LogP contribution in [0.3, 0.4) is 0 Å². The Bertz CT molecular complexity index is 587. The van der Waals surface area contributed by atoms with Gasteiger partial charge in [0.1, 0.15) is 4.90 Å². The molecule has 1 aromatic rings. The zero-order valence-electron chi connectivity index (χ0n) is 9.61. The Morgan fingerprint density at radius 3 is 2.67 bits per heavy atom. The van der Waals surface area contributed by atoms with E-state index in [1.54, 1.807) is 18.2 Å². The minimum atomic E-state index is -3.84. The van der Waals surface area contributed by atoms with Crippen LogP contribution in [0.25, 0.3) is 0 Å². The molecule has 18 heavy (non-hydrogen) atoms. The maximum absolute atomic E-state index is 11.7. The second kappa shape index (κ2) is 5.19. The van der Waals surface area contributed by atoms with E-state index in [0.717, 1.165) is 0 Å². The molecule has 0 amide bonds. The molecule has 1 aliphatic rings. The van der Waals surface area contributed by atoms with Gasteiger partial charge in [0.25, 0.3) is 0 Å². The summed E-state index contributed by atoms with van der Waals surface area (Å²) in [7, 11) is -3.84. The van der Waals surface area contributed by atoms with Crippen molar-refractivity contribution in [2.24, 2.45) is 11.1 Å². The van der Waals surface area contributed by atoms with Crippen LogP contribution in [0.1, 0.15) is 19.3 Å². The van der Waals surface area contributed by atoms with Gasteiger partial charge in [0.15, 0.2) is 0 Å². The van der Waals surface area contributed by atoms with Gasteiger partial charge < -0.3 is 0 Å². The molecule has 1 aromatic carbocycles. The first-order valence-electron chi connectivity index (χ1n) is 5.56. The second-order valence-corrected chi connectivity index (χ2v) is 5.60. The van der Waals surface area contributed by atoms with E-state index in [9.17, 15) is 8.42 Å².